The van der Waals surface area contributed by atoms with Crippen molar-refractivity contribution < 1.29 is 4.74 Å². The third kappa shape index (κ3) is 1.22. The molecule has 0 aromatic rings. The van der Waals surface area contributed by atoms with Gasteiger partial charge in [0, 0.05) is 7.11 Å². The molecule has 1 unspecified atom stereocenters. The van der Waals surface area contributed by atoms with Crippen LogP contribution in [-0.4, -0.2) is 13.2 Å². The summed E-state index contributed by atoms with van der Waals surface area (Å²) in [5.41, 5.74) is 0. The van der Waals surface area contributed by atoms with Crippen LogP contribution in [0, 0.1) is 5.92 Å². The molecule has 1 fully saturated rings. The predicted molar refractivity (Wildman–Crippen MR) is 33.8 cm³/mol. The Morgan fingerprint density at radius 1 is 1.62 bits per heavy atom. The second kappa shape index (κ2) is 2.49. The van der Waals surface area contributed by atoms with E-state index in [1.807, 2.05) is 7.11 Å². The van der Waals surface area contributed by atoms with E-state index >= 15 is 0 Å². The largest absolute Gasteiger partial charge is 0.381 e. The van der Waals surface area contributed by atoms with Crippen molar-refractivity contribution in [1.82, 2.24) is 0 Å². The van der Waals surface area contributed by atoms with Crippen molar-refractivity contribution in [2.45, 2.75) is 32.3 Å². The van der Waals surface area contributed by atoms with Crippen molar-refractivity contribution in [2.75, 3.05) is 7.11 Å². The van der Waals surface area contributed by atoms with Gasteiger partial charge in [-0.05, 0) is 25.2 Å². The van der Waals surface area contributed by atoms with Gasteiger partial charge in [0.2, 0.25) is 0 Å². The molecule has 0 spiro atoms. The Morgan fingerprint density at radius 2 is 2.25 bits per heavy atom. The summed E-state index contributed by atoms with van der Waals surface area (Å²) in [5, 5.41) is 0. The summed E-state index contributed by atoms with van der Waals surface area (Å²) in [4.78, 5) is 0. The van der Waals surface area contributed by atoms with E-state index in [1.165, 1.54) is 19.3 Å². The van der Waals surface area contributed by atoms with Gasteiger partial charge in [0.25, 0.3) is 0 Å². The summed E-state index contributed by atoms with van der Waals surface area (Å²) in [6.07, 6.45) is 4.54. The fourth-order valence-electron chi connectivity index (χ4n) is 1.16. The molecule has 0 saturated heterocycles. The zero-order valence-corrected chi connectivity index (χ0v) is 5.68. The molecular weight excluding hydrogens is 100 g/mol. The van der Waals surface area contributed by atoms with Crippen LogP contribution in [0.15, 0.2) is 0 Å². The van der Waals surface area contributed by atoms with E-state index < -0.39 is 0 Å². The van der Waals surface area contributed by atoms with E-state index in [2.05, 4.69) is 6.92 Å². The monoisotopic (exact) mass is 114 g/mol. The van der Waals surface area contributed by atoms with Crippen molar-refractivity contribution in [1.29, 1.82) is 0 Å². The molecule has 0 aromatic heterocycles. The minimum absolute atomic E-state index is 0.565. The SMILES string of the molecule is CCC(OC)C1CC1. The summed E-state index contributed by atoms with van der Waals surface area (Å²) in [6.45, 7) is 2.19. The molecule has 1 saturated carbocycles. The predicted octanol–water partition coefficient (Wildman–Crippen LogP) is 1.82. The second-order valence-electron chi connectivity index (χ2n) is 2.52. The molecule has 1 atom stereocenters. The fraction of sp³-hybridized carbons (Fsp3) is 1.00. The molecule has 0 aliphatic heterocycles. The van der Waals surface area contributed by atoms with Gasteiger partial charge in [0.05, 0.1) is 6.10 Å². The molecular formula is C7H14O. The zero-order valence-electron chi connectivity index (χ0n) is 5.68. The Balaban J connectivity index is 2.15. The van der Waals surface area contributed by atoms with E-state index in [9.17, 15) is 0 Å². The highest BCUT2D eigenvalue weighted by atomic mass is 16.5. The molecule has 1 rings (SSSR count). The fourth-order valence-corrected chi connectivity index (χ4v) is 1.16. The van der Waals surface area contributed by atoms with Crippen molar-refractivity contribution >= 4 is 0 Å². The van der Waals surface area contributed by atoms with Crippen LogP contribution >= 0.6 is 0 Å². The molecule has 0 amide bonds. The maximum atomic E-state index is 5.22. The highest BCUT2D eigenvalue weighted by molar-refractivity contribution is 4.80. The van der Waals surface area contributed by atoms with Crippen LogP contribution in [0.5, 0.6) is 0 Å². The summed E-state index contributed by atoms with van der Waals surface area (Å²) in [5.74, 6) is 0.907. The van der Waals surface area contributed by atoms with Crippen molar-refractivity contribution in [3.05, 3.63) is 0 Å². The topological polar surface area (TPSA) is 9.23 Å². The van der Waals surface area contributed by atoms with Crippen LogP contribution < -0.4 is 0 Å². The lowest BCUT2D eigenvalue weighted by Crippen LogP contribution is -2.10. The molecule has 0 radical (unpaired) electrons. The van der Waals surface area contributed by atoms with E-state index in [0.717, 1.165) is 5.92 Å². The minimum atomic E-state index is 0.565. The average molecular weight is 114 g/mol. The van der Waals surface area contributed by atoms with Gasteiger partial charge in [-0.15, -0.1) is 0 Å². The van der Waals surface area contributed by atoms with Crippen LogP contribution in [0.4, 0.5) is 0 Å². The highest BCUT2D eigenvalue weighted by Crippen LogP contribution is 2.35. The number of methoxy groups -OCH3 is 1. The van der Waals surface area contributed by atoms with Gasteiger partial charge in [-0.2, -0.15) is 0 Å². The quantitative estimate of drug-likeness (QED) is 0.543. The van der Waals surface area contributed by atoms with E-state index in [-0.39, 0.29) is 0 Å². The van der Waals surface area contributed by atoms with Crippen LogP contribution in [0.2, 0.25) is 0 Å². The van der Waals surface area contributed by atoms with Gasteiger partial charge in [0.15, 0.2) is 0 Å². The van der Waals surface area contributed by atoms with E-state index in [1.54, 1.807) is 0 Å². The van der Waals surface area contributed by atoms with Gasteiger partial charge in [-0.3, -0.25) is 0 Å². The van der Waals surface area contributed by atoms with E-state index in [4.69, 9.17) is 4.74 Å². The molecule has 1 nitrogen and oxygen atoms in total. The number of hydrogen-bond donors (Lipinski definition) is 0. The van der Waals surface area contributed by atoms with Crippen molar-refractivity contribution in [3.63, 3.8) is 0 Å². The Kier molecular flexibility index (Phi) is 1.90. The summed E-state index contributed by atoms with van der Waals surface area (Å²) < 4.78 is 5.22. The normalized spacial score (nSPS) is 23.2. The highest BCUT2D eigenvalue weighted by Gasteiger charge is 2.29. The van der Waals surface area contributed by atoms with Gasteiger partial charge < -0.3 is 4.74 Å². The zero-order chi connectivity index (χ0) is 5.98. The molecule has 1 aliphatic rings. The molecule has 0 aromatic carbocycles. The standard InChI is InChI=1S/C7H14O/c1-3-7(8-2)6-4-5-6/h6-7H,3-5H2,1-2H3. The Bertz CT molecular complexity index is 62.8. The van der Waals surface area contributed by atoms with Crippen LogP contribution in [0.1, 0.15) is 26.2 Å². The molecule has 0 heterocycles. The first kappa shape index (κ1) is 6.09. The third-order valence-corrected chi connectivity index (χ3v) is 1.85. The maximum absolute atomic E-state index is 5.22. The Hall–Kier alpha value is -0.0400. The number of ether oxygens (including phenoxy) is 1. The lowest BCUT2D eigenvalue weighted by molar-refractivity contribution is 0.0814. The smallest absolute Gasteiger partial charge is 0.0596 e. The summed E-state index contributed by atoms with van der Waals surface area (Å²) in [7, 11) is 1.81. The number of hydrogen-bond acceptors (Lipinski definition) is 1. The van der Waals surface area contributed by atoms with Crippen LogP contribution in [0.3, 0.4) is 0 Å². The number of rotatable bonds is 3. The average Bonchev–Trinajstić information content (AvgIpc) is 2.53. The van der Waals surface area contributed by atoms with Gasteiger partial charge in [-0.1, -0.05) is 6.92 Å². The molecule has 0 bridgehead atoms. The summed E-state index contributed by atoms with van der Waals surface area (Å²) in [6, 6.07) is 0. The van der Waals surface area contributed by atoms with Crippen molar-refractivity contribution in [2.24, 2.45) is 5.92 Å². The molecule has 48 valence electrons. The minimum Gasteiger partial charge on any atom is -0.381 e. The lowest BCUT2D eigenvalue weighted by atomic mass is 10.2. The first-order valence-electron chi connectivity index (χ1n) is 3.41. The molecule has 1 aliphatic carbocycles. The van der Waals surface area contributed by atoms with E-state index in [0.29, 0.717) is 6.10 Å². The molecule has 8 heavy (non-hydrogen) atoms. The molecule has 0 N–H and O–H groups in total. The van der Waals surface area contributed by atoms with Gasteiger partial charge in [-0.25, -0.2) is 0 Å². The van der Waals surface area contributed by atoms with Crippen LogP contribution in [-0.2, 0) is 4.74 Å². The summed E-state index contributed by atoms with van der Waals surface area (Å²) >= 11 is 0. The lowest BCUT2D eigenvalue weighted by Gasteiger charge is -2.09. The van der Waals surface area contributed by atoms with Crippen LogP contribution in [0.25, 0.3) is 0 Å². The van der Waals surface area contributed by atoms with Gasteiger partial charge in [0.1, 0.15) is 0 Å². The third-order valence-electron chi connectivity index (χ3n) is 1.85. The Labute approximate surface area is 51.0 Å². The first-order valence-corrected chi connectivity index (χ1v) is 3.41. The first-order chi connectivity index (χ1) is 3.88. The van der Waals surface area contributed by atoms with Crippen molar-refractivity contribution in [3.8, 4) is 0 Å². The second-order valence-corrected chi connectivity index (χ2v) is 2.52. The van der Waals surface area contributed by atoms with Gasteiger partial charge >= 0.3 is 0 Å². The Morgan fingerprint density at radius 3 is 2.38 bits per heavy atom. The molecule has 1 heteroatoms. The maximum Gasteiger partial charge on any atom is 0.0596 e.